The summed E-state index contributed by atoms with van der Waals surface area (Å²) in [5.74, 6) is 0. The molecule has 1 rings (SSSR count). The molecule has 0 unspecified atom stereocenters. The summed E-state index contributed by atoms with van der Waals surface area (Å²) in [4.78, 5) is 2.77. The van der Waals surface area contributed by atoms with Crippen LogP contribution in [-0.4, -0.2) is 28.0 Å². The first kappa shape index (κ1) is 7.34. The van der Waals surface area contributed by atoms with E-state index in [-0.39, 0.29) is 23.1 Å². The van der Waals surface area contributed by atoms with Crippen molar-refractivity contribution in [2.24, 2.45) is 0 Å². The maximum absolute atomic E-state index is 5.40. The van der Waals surface area contributed by atoms with E-state index < -0.39 is 0 Å². The van der Waals surface area contributed by atoms with Crippen LogP contribution < -0.4 is 0 Å². The summed E-state index contributed by atoms with van der Waals surface area (Å²) in [7, 11) is 0. The smallest absolute Gasteiger partial charge is 0.316 e. The molecule has 1 nitrogen and oxygen atoms in total. The molecule has 0 atom stereocenters. The van der Waals surface area contributed by atoms with Gasteiger partial charge in [-0.05, 0) is 12.1 Å². The van der Waals surface area contributed by atoms with Gasteiger partial charge in [0.25, 0.3) is 0 Å². The maximum Gasteiger partial charge on any atom is 0.316 e. The van der Waals surface area contributed by atoms with Crippen molar-refractivity contribution < 1.29 is 0 Å². The summed E-state index contributed by atoms with van der Waals surface area (Å²) in [5, 5.41) is 0.690. The Labute approximate surface area is 63.2 Å². The first-order valence-corrected chi connectivity index (χ1v) is 2.06. The van der Waals surface area contributed by atoms with Crippen molar-refractivity contribution >= 4 is 34.7 Å². The maximum atomic E-state index is 5.40. The molecular weight excluding hydrogens is 122 g/mol. The third-order valence-corrected chi connectivity index (χ3v) is 0.795. The number of aromatic amines is 1. The fraction of sp³-hybridized carbons (Fsp3) is 0. The van der Waals surface area contributed by atoms with E-state index in [0.717, 1.165) is 0 Å². The average molecular weight is 128 g/mol. The van der Waals surface area contributed by atoms with Gasteiger partial charge in [0.1, 0.15) is 5.15 Å². The summed E-state index contributed by atoms with van der Waals surface area (Å²) in [5.41, 5.74) is 0. The van der Waals surface area contributed by atoms with Gasteiger partial charge in [0.2, 0.25) is 0 Å². The molecule has 0 aliphatic carbocycles. The number of hydrogen-bond acceptors (Lipinski definition) is 0. The summed E-state index contributed by atoms with van der Waals surface area (Å²) >= 11 is 5.40. The third-order valence-electron chi connectivity index (χ3n) is 0.560. The Morgan fingerprint density at radius 3 is 2.43 bits per heavy atom. The molecule has 7 heavy (non-hydrogen) atoms. The zero-order chi connectivity index (χ0) is 4.41. The van der Waals surface area contributed by atoms with Gasteiger partial charge in [-0.25, -0.2) is 0 Å². The van der Waals surface area contributed by atoms with Gasteiger partial charge in [0.15, 0.2) is 0 Å². The topological polar surface area (TPSA) is 15.8 Å². The zero-order valence-electron chi connectivity index (χ0n) is 3.11. The standard InChI is InChI=1S/C4H4ClN.Mg.2H/c5-4-2-1-3-6-4;;;/h1-3,6H;;;. The molecule has 1 heterocycles. The Balaban J connectivity index is 0.000000360. The van der Waals surface area contributed by atoms with Crippen LogP contribution in [0.4, 0.5) is 0 Å². The first-order valence-electron chi connectivity index (χ1n) is 1.68. The van der Waals surface area contributed by atoms with E-state index in [9.17, 15) is 0 Å². The second-order valence-corrected chi connectivity index (χ2v) is 1.43. The molecule has 0 bridgehead atoms. The molecule has 1 aromatic heterocycles. The quantitative estimate of drug-likeness (QED) is 0.496. The SMILES string of the molecule is Clc1ccc[nH]1.[MgH2]. The number of rotatable bonds is 0. The second kappa shape index (κ2) is 3.35. The molecule has 0 aromatic carbocycles. The van der Waals surface area contributed by atoms with Gasteiger partial charge in [-0.2, -0.15) is 0 Å². The van der Waals surface area contributed by atoms with Crippen LogP contribution in [-0.2, 0) is 0 Å². The Bertz CT molecular complexity index is 115. The first-order chi connectivity index (χ1) is 2.89. The van der Waals surface area contributed by atoms with Crippen molar-refractivity contribution in [2.75, 3.05) is 0 Å². The predicted octanol–water partition coefficient (Wildman–Crippen LogP) is 0.752. The van der Waals surface area contributed by atoms with Crippen LogP contribution in [0.25, 0.3) is 0 Å². The number of hydrogen-bond donors (Lipinski definition) is 1. The van der Waals surface area contributed by atoms with Crippen LogP contribution in [0.15, 0.2) is 18.3 Å². The minimum Gasteiger partial charge on any atom is -0.352 e. The second-order valence-electron chi connectivity index (χ2n) is 1.02. The van der Waals surface area contributed by atoms with E-state index in [0.29, 0.717) is 5.15 Å². The fourth-order valence-electron chi connectivity index (χ4n) is 0.308. The van der Waals surface area contributed by atoms with Crippen molar-refractivity contribution in [2.45, 2.75) is 0 Å². The highest BCUT2D eigenvalue weighted by Crippen LogP contribution is 1.99. The Kier molecular flexibility index (Phi) is 3.51. The van der Waals surface area contributed by atoms with Crippen LogP contribution in [0, 0.1) is 0 Å². The Morgan fingerprint density at radius 2 is 2.29 bits per heavy atom. The van der Waals surface area contributed by atoms with E-state index >= 15 is 0 Å². The highest BCUT2D eigenvalue weighted by Gasteiger charge is 1.75. The molecule has 3 heteroatoms. The molecular formula is C4H6ClMgN. The van der Waals surface area contributed by atoms with Crippen LogP contribution >= 0.6 is 11.6 Å². The predicted molar refractivity (Wildman–Crippen MR) is 34.3 cm³/mol. The van der Waals surface area contributed by atoms with Gasteiger partial charge >= 0.3 is 23.1 Å². The molecule has 0 amide bonds. The molecule has 0 spiro atoms. The Hall–Kier alpha value is 0.336. The molecule has 0 fully saturated rings. The number of nitrogens with one attached hydrogen (secondary N) is 1. The monoisotopic (exact) mass is 127 g/mol. The lowest BCUT2D eigenvalue weighted by molar-refractivity contribution is 1.41. The molecule has 1 aromatic rings. The van der Waals surface area contributed by atoms with E-state index in [2.05, 4.69) is 4.98 Å². The molecule has 0 radical (unpaired) electrons. The lowest BCUT2D eigenvalue weighted by atomic mass is 10.7. The van der Waals surface area contributed by atoms with E-state index in [1.165, 1.54) is 0 Å². The minimum atomic E-state index is 0. The van der Waals surface area contributed by atoms with E-state index in [1.807, 2.05) is 6.07 Å². The fourth-order valence-corrected chi connectivity index (χ4v) is 0.444. The van der Waals surface area contributed by atoms with Crippen molar-refractivity contribution in [3.05, 3.63) is 23.5 Å². The Morgan fingerprint density at radius 1 is 1.57 bits per heavy atom. The third kappa shape index (κ3) is 2.21. The lowest BCUT2D eigenvalue weighted by Crippen LogP contribution is -1.49. The van der Waals surface area contributed by atoms with Gasteiger partial charge in [-0.3, -0.25) is 0 Å². The molecule has 0 saturated heterocycles. The zero-order valence-corrected chi connectivity index (χ0v) is 3.87. The summed E-state index contributed by atoms with van der Waals surface area (Å²) in [6, 6.07) is 3.64. The summed E-state index contributed by atoms with van der Waals surface area (Å²) in [6.45, 7) is 0. The number of halogens is 1. The summed E-state index contributed by atoms with van der Waals surface area (Å²) in [6.07, 6.45) is 1.78. The molecule has 1 N–H and O–H groups in total. The molecule has 36 valence electrons. The normalized spacial score (nSPS) is 7.57. The molecule has 0 aliphatic rings. The van der Waals surface area contributed by atoms with Crippen LogP contribution in [0.2, 0.25) is 5.15 Å². The lowest BCUT2D eigenvalue weighted by Gasteiger charge is -1.66. The van der Waals surface area contributed by atoms with Crippen molar-refractivity contribution in [1.82, 2.24) is 4.98 Å². The molecule has 0 saturated carbocycles. The highest BCUT2D eigenvalue weighted by molar-refractivity contribution is 6.29. The molecule has 0 aliphatic heterocycles. The van der Waals surface area contributed by atoms with Crippen LogP contribution in [0.5, 0.6) is 0 Å². The van der Waals surface area contributed by atoms with Crippen LogP contribution in [0.1, 0.15) is 0 Å². The van der Waals surface area contributed by atoms with Crippen molar-refractivity contribution in [3.63, 3.8) is 0 Å². The van der Waals surface area contributed by atoms with Gasteiger partial charge in [0, 0.05) is 6.20 Å². The average Bonchev–Trinajstić information content (AvgIpc) is 1.86. The van der Waals surface area contributed by atoms with E-state index in [1.54, 1.807) is 12.3 Å². The van der Waals surface area contributed by atoms with Gasteiger partial charge < -0.3 is 4.98 Å². The van der Waals surface area contributed by atoms with Gasteiger partial charge in [-0.1, -0.05) is 11.6 Å². The van der Waals surface area contributed by atoms with Crippen molar-refractivity contribution in [1.29, 1.82) is 0 Å². The number of aromatic nitrogens is 1. The van der Waals surface area contributed by atoms with Gasteiger partial charge in [-0.15, -0.1) is 0 Å². The number of H-pyrrole nitrogens is 1. The highest BCUT2D eigenvalue weighted by atomic mass is 35.5. The largest absolute Gasteiger partial charge is 0.352 e. The summed E-state index contributed by atoms with van der Waals surface area (Å²) < 4.78 is 0. The van der Waals surface area contributed by atoms with E-state index in [4.69, 9.17) is 11.6 Å². The van der Waals surface area contributed by atoms with Gasteiger partial charge in [0.05, 0.1) is 0 Å². The minimum absolute atomic E-state index is 0. The van der Waals surface area contributed by atoms with Crippen molar-refractivity contribution in [3.8, 4) is 0 Å². The van der Waals surface area contributed by atoms with Crippen LogP contribution in [0.3, 0.4) is 0 Å².